The van der Waals surface area contributed by atoms with Crippen LogP contribution in [0.5, 0.6) is 5.75 Å². The van der Waals surface area contributed by atoms with Crippen LogP contribution in [-0.2, 0) is 10.3 Å². The maximum absolute atomic E-state index is 14.1. The summed E-state index contributed by atoms with van der Waals surface area (Å²) in [4.78, 5) is 28.3. The molecule has 2 heterocycles. The molecular formula is C27H23BrN2O4S. The van der Waals surface area contributed by atoms with Gasteiger partial charge in [0.05, 0.1) is 0 Å². The molecular weight excluding hydrogens is 528 g/mol. The van der Waals surface area contributed by atoms with Crippen molar-refractivity contribution >= 4 is 49.0 Å². The second kappa shape index (κ2) is 7.61. The van der Waals surface area contributed by atoms with E-state index < -0.39 is 29.1 Å². The average Bonchev–Trinajstić information content (AvgIpc) is 3.37. The van der Waals surface area contributed by atoms with E-state index in [4.69, 9.17) is 10.5 Å². The molecule has 0 saturated carbocycles. The Hall–Kier alpha value is -2.78. The van der Waals surface area contributed by atoms with Crippen LogP contribution in [0.2, 0.25) is 0 Å². The minimum atomic E-state index is -2.11. The van der Waals surface area contributed by atoms with Crippen LogP contribution in [0, 0.1) is 0 Å². The van der Waals surface area contributed by atoms with E-state index in [0.717, 1.165) is 15.6 Å². The molecule has 6 nitrogen and oxygen atoms in total. The van der Waals surface area contributed by atoms with E-state index in [2.05, 4.69) is 35.1 Å². The quantitative estimate of drug-likeness (QED) is 0.440. The Kier molecular flexibility index (Phi) is 4.93. The Morgan fingerprint density at radius 1 is 1.29 bits per heavy atom. The van der Waals surface area contributed by atoms with E-state index in [1.165, 1.54) is 11.3 Å². The molecule has 0 saturated heterocycles. The zero-order valence-electron chi connectivity index (χ0n) is 19.1. The van der Waals surface area contributed by atoms with Crippen LogP contribution in [0.15, 0.2) is 70.2 Å². The molecule has 8 heteroatoms. The molecule has 2 aromatic carbocycles. The highest BCUT2D eigenvalue weighted by atomic mass is 79.9. The van der Waals surface area contributed by atoms with E-state index in [1.807, 2.05) is 42.5 Å². The summed E-state index contributed by atoms with van der Waals surface area (Å²) < 4.78 is 7.75. The van der Waals surface area contributed by atoms with Crippen molar-refractivity contribution in [2.45, 2.75) is 43.6 Å². The molecule has 35 heavy (non-hydrogen) atoms. The molecule has 1 aliphatic heterocycles. The van der Waals surface area contributed by atoms with Gasteiger partial charge in [0, 0.05) is 37.3 Å². The van der Waals surface area contributed by atoms with Crippen molar-refractivity contribution in [2.24, 2.45) is 5.73 Å². The van der Waals surface area contributed by atoms with Crippen molar-refractivity contribution in [2.75, 3.05) is 0 Å². The largest absolute Gasteiger partial charge is 0.454 e. The molecule has 1 amide bonds. The van der Waals surface area contributed by atoms with Gasteiger partial charge < -0.3 is 20.9 Å². The molecule has 6 rings (SSSR count). The number of nitrogens with two attached hydrogens (primary N) is 1. The van der Waals surface area contributed by atoms with Gasteiger partial charge in [-0.15, -0.1) is 11.3 Å². The Morgan fingerprint density at radius 2 is 2.06 bits per heavy atom. The number of thiophene rings is 1. The predicted molar refractivity (Wildman–Crippen MR) is 139 cm³/mol. The Bertz CT molecular complexity index is 1510. The molecule has 3 unspecified atom stereocenters. The van der Waals surface area contributed by atoms with Crippen LogP contribution >= 0.6 is 27.3 Å². The van der Waals surface area contributed by atoms with E-state index >= 15 is 0 Å². The Morgan fingerprint density at radius 3 is 2.80 bits per heavy atom. The van der Waals surface area contributed by atoms with Crippen LogP contribution in [0.3, 0.4) is 0 Å². The van der Waals surface area contributed by atoms with Gasteiger partial charge in [-0.1, -0.05) is 56.3 Å². The summed E-state index contributed by atoms with van der Waals surface area (Å²) in [7, 11) is 0. The first kappa shape index (κ1) is 22.7. The van der Waals surface area contributed by atoms with Gasteiger partial charge in [0.15, 0.2) is 5.78 Å². The lowest BCUT2D eigenvalue weighted by molar-refractivity contribution is -0.154. The highest BCUT2D eigenvalue weighted by molar-refractivity contribution is 9.10. The maximum atomic E-state index is 14.1. The van der Waals surface area contributed by atoms with Gasteiger partial charge >= 0.3 is 0 Å². The number of fused-ring (bicyclic) bond motifs is 5. The monoisotopic (exact) mass is 550 g/mol. The lowest BCUT2D eigenvalue weighted by Crippen LogP contribution is -2.63. The van der Waals surface area contributed by atoms with Gasteiger partial charge in [0.1, 0.15) is 10.6 Å². The first-order valence-corrected chi connectivity index (χ1v) is 13.1. The standard InChI is InChI=1S/C27H23BrN2O4S/c1-13(2)14-10-11-16-19(12-14)34-27(33)17-7-5-8-18(29)21(17)24(31)26(16,27)30-25(32)23-22(28)15-6-3-4-9-20(15)35-23/h3-7,9-13,18,33H,8,29H2,1-2H3,(H,30,32). The number of hydrogen-bond donors (Lipinski definition) is 3. The van der Waals surface area contributed by atoms with Gasteiger partial charge in [-0.05, 0) is 46.0 Å². The third-order valence-electron chi connectivity index (χ3n) is 7.17. The molecule has 3 atom stereocenters. The van der Waals surface area contributed by atoms with Crippen LogP contribution in [0.4, 0.5) is 0 Å². The molecule has 4 N–H and O–H groups in total. The molecule has 2 aliphatic carbocycles. The molecule has 178 valence electrons. The fraction of sp³-hybridized carbons (Fsp3) is 0.259. The van der Waals surface area contributed by atoms with Crippen LogP contribution < -0.4 is 15.8 Å². The third kappa shape index (κ3) is 2.88. The number of carbonyl (C=O) groups excluding carboxylic acids is 2. The second-order valence-electron chi connectivity index (χ2n) is 9.50. The molecule has 1 aromatic heterocycles. The third-order valence-corrected chi connectivity index (χ3v) is 9.43. The number of benzene rings is 2. The average molecular weight is 551 g/mol. The van der Waals surface area contributed by atoms with Gasteiger partial charge in [-0.3, -0.25) is 9.59 Å². The SMILES string of the molecule is CC(C)c1ccc2c(c1)OC1(O)C3=C(C(=O)C21NC(=O)c1sc2ccccc2c1Br)C(N)CC=C3. The molecule has 3 aliphatic rings. The summed E-state index contributed by atoms with van der Waals surface area (Å²) in [5.41, 5.74) is 6.50. The first-order valence-electron chi connectivity index (χ1n) is 11.5. The number of amides is 1. The van der Waals surface area contributed by atoms with Crippen molar-refractivity contribution in [3.63, 3.8) is 0 Å². The van der Waals surface area contributed by atoms with E-state index in [0.29, 0.717) is 38.2 Å². The number of aliphatic hydroxyl groups is 1. The minimum Gasteiger partial charge on any atom is -0.454 e. The number of hydrogen-bond acceptors (Lipinski definition) is 6. The van der Waals surface area contributed by atoms with E-state index in [9.17, 15) is 14.7 Å². The topological polar surface area (TPSA) is 102 Å². The zero-order valence-corrected chi connectivity index (χ0v) is 21.5. The lowest BCUT2D eigenvalue weighted by atomic mass is 9.81. The van der Waals surface area contributed by atoms with Crippen molar-refractivity contribution in [3.8, 4) is 5.75 Å². The highest BCUT2D eigenvalue weighted by Gasteiger charge is 2.72. The predicted octanol–water partition coefficient (Wildman–Crippen LogP) is 4.66. The number of ether oxygens (including phenoxy) is 1. The first-order chi connectivity index (χ1) is 16.7. The van der Waals surface area contributed by atoms with Gasteiger partial charge in [-0.25, -0.2) is 0 Å². The number of Topliss-reactive ketones (excluding diaryl/α,β-unsaturated/α-hetero) is 1. The van der Waals surface area contributed by atoms with E-state index in [-0.39, 0.29) is 5.92 Å². The fourth-order valence-corrected chi connectivity index (χ4v) is 7.26. The summed E-state index contributed by atoms with van der Waals surface area (Å²) in [6.45, 7) is 4.11. The highest BCUT2D eigenvalue weighted by Crippen LogP contribution is 2.58. The number of ketones is 1. The summed E-state index contributed by atoms with van der Waals surface area (Å²) in [6, 6.07) is 12.6. The normalized spacial score (nSPS) is 26.7. The second-order valence-corrected chi connectivity index (χ2v) is 11.3. The molecule has 0 fully saturated rings. The number of halogens is 1. The zero-order chi connectivity index (χ0) is 24.7. The fourth-order valence-electron chi connectivity index (χ4n) is 5.37. The summed E-state index contributed by atoms with van der Waals surface area (Å²) in [5.74, 6) is -2.43. The van der Waals surface area contributed by atoms with Crippen LogP contribution in [0.1, 0.15) is 47.0 Å². The number of nitrogens with one attached hydrogen (secondary N) is 1. The molecule has 3 aromatic rings. The van der Waals surface area contributed by atoms with Crippen molar-refractivity contribution in [3.05, 3.63) is 86.2 Å². The number of rotatable bonds is 3. The minimum absolute atomic E-state index is 0.215. The van der Waals surface area contributed by atoms with Gasteiger partial charge in [0.25, 0.3) is 11.7 Å². The Labute approximate surface area is 214 Å². The molecule has 0 radical (unpaired) electrons. The van der Waals surface area contributed by atoms with Crippen LogP contribution in [0.25, 0.3) is 10.1 Å². The van der Waals surface area contributed by atoms with E-state index in [1.54, 1.807) is 12.1 Å². The van der Waals surface area contributed by atoms with Gasteiger partial charge in [0.2, 0.25) is 5.54 Å². The summed E-state index contributed by atoms with van der Waals surface area (Å²) in [6.07, 6.45) is 3.97. The smallest absolute Gasteiger partial charge is 0.270 e. The molecule has 0 spiro atoms. The van der Waals surface area contributed by atoms with Crippen molar-refractivity contribution in [1.29, 1.82) is 0 Å². The lowest BCUT2D eigenvalue weighted by Gasteiger charge is -2.35. The van der Waals surface area contributed by atoms with Crippen molar-refractivity contribution < 1.29 is 19.4 Å². The van der Waals surface area contributed by atoms with Gasteiger partial charge in [-0.2, -0.15) is 0 Å². The van der Waals surface area contributed by atoms with Crippen LogP contribution in [-0.4, -0.2) is 28.6 Å². The molecule has 0 bridgehead atoms. The number of carbonyl (C=O) groups is 2. The summed E-state index contributed by atoms with van der Waals surface area (Å²) >= 11 is 4.87. The van der Waals surface area contributed by atoms with Crippen molar-refractivity contribution in [1.82, 2.24) is 5.32 Å². The maximum Gasteiger partial charge on any atom is 0.270 e. The Balaban J connectivity index is 1.54. The summed E-state index contributed by atoms with van der Waals surface area (Å²) in [5, 5.41) is 15.9.